The number of imide groups is 1. The molecule has 6 heteroatoms. The summed E-state index contributed by atoms with van der Waals surface area (Å²) < 4.78 is 0. The van der Waals surface area contributed by atoms with Gasteiger partial charge in [-0.2, -0.15) is 0 Å². The van der Waals surface area contributed by atoms with Crippen LogP contribution in [0.25, 0.3) is 0 Å². The highest BCUT2D eigenvalue weighted by molar-refractivity contribution is 5.97. The minimum Gasteiger partial charge on any atom is -0.333 e. The first-order valence-electron chi connectivity index (χ1n) is 6.51. The summed E-state index contributed by atoms with van der Waals surface area (Å²) in [5, 5.41) is 8.30. The van der Waals surface area contributed by atoms with Crippen LogP contribution in [0.4, 0.5) is 4.79 Å². The Morgan fingerprint density at radius 3 is 2.65 bits per heavy atom. The van der Waals surface area contributed by atoms with E-state index in [2.05, 4.69) is 35.0 Å². The first-order chi connectivity index (χ1) is 9.13. The number of benzene rings is 1. The van der Waals surface area contributed by atoms with E-state index in [-0.39, 0.29) is 24.4 Å². The van der Waals surface area contributed by atoms with Gasteiger partial charge in [0.25, 0.3) is 0 Å². The van der Waals surface area contributed by atoms with Crippen molar-refractivity contribution in [1.82, 2.24) is 16.0 Å². The quantitative estimate of drug-likeness (QED) is 0.765. The Balaban J connectivity index is 0.00000200. The van der Waals surface area contributed by atoms with Crippen LogP contribution in [0.2, 0.25) is 0 Å². The fourth-order valence-corrected chi connectivity index (χ4v) is 2.18. The van der Waals surface area contributed by atoms with Crippen molar-refractivity contribution in [3.63, 3.8) is 0 Å². The van der Waals surface area contributed by atoms with Gasteiger partial charge in [0.2, 0.25) is 5.91 Å². The molecule has 0 aliphatic carbocycles. The molecule has 0 saturated carbocycles. The molecule has 1 heterocycles. The van der Waals surface area contributed by atoms with Crippen LogP contribution >= 0.6 is 12.4 Å². The minimum absolute atomic E-state index is 0. The fourth-order valence-electron chi connectivity index (χ4n) is 2.18. The second kappa shape index (κ2) is 7.87. The Morgan fingerprint density at radius 2 is 2.00 bits per heavy atom. The van der Waals surface area contributed by atoms with Crippen LogP contribution < -0.4 is 16.0 Å². The summed E-state index contributed by atoms with van der Waals surface area (Å²) in [5.74, 6) is -0.216. The number of carbonyl (C=O) groups is 2. The summed E-state index contributed by atoms with van der Waals surface area (Å²) in [4.78, 5) is 22.4. The molecule has 0 spiro atoms. The van der Waals surface area contributed by atoms with Gasteiger partial charge in [0.15, 0.2) is 0 Å². The van der Waals surface area contributed by atoms with Gasteiger partial charge in [-0.15, -0.1) is 12.4 Å². The number of amides is 3. The smallest absolute Gasteiger partial charge is 0.321 e. The molecule has 1 aliphatic rings. The van der Waals surface area contributed by atoms with Crippen LogP contribution in [0, 0.1) is 0 Å². The number of nitrogens with one attached hydrogen (secondary N) is 3. The molecule has 1 saturated heterocycles. The Hall–Kier alpha value is -1.59. The maximum atomic E-state index is 11.2. The predicted octanol–water partition coefficient (Wildman–Crippen LogP) is 1.23. The maximum Gasteiger partial charge on any atom is 0.321 e. The van der Waals surface area contributed by atoms with E-state index in [1.165, 1.54) is 5.56 Å². The number of halogens is 1. The zero-order chi connectivity index (χ0) is 13.7. The van der Waals surface area contributed by atoms with Crippen molar-refractivity contribution >= 4 is 24.3 Å². The Labute approximate surface area is 124 Å². The zero-order valence-electron chi connectivity index (χ0n) is 11.4. The van der Waals surface area contributed by atoms with Crippen LogP contribution in [0.15, 0.2) is 30.3 Å². The summed E-state index contributed by atoms with van der Waals surface area (Å²) in [7, 11) is 0. The molecule has 2 atom stereocenters. The van der Waals surface area contributed by atoms with E-state index in [4.69, 9.17) is 0 Å². The van der Waals surface area contributed by atoms with E-state index in [0.29, 0.717) is 19.0 Å². The van der Waals surface area contributed by atoms with Crippen LogP contribution in [-0.4, -0.2) is 30.6 Å². The Bertz CT molecular complexity index is 437. The topological polar surface area (TPSA) is 70.2 Å². The number of carbonyl (C=O) groups excluding carboxylic acids is 2. The molecule has 5 nitrogen and oxygen atoms in total. The van der Waals surface area contributed by atoms with Crippen LogP contribution in [0.3, 0.4) is 0 Å². The lowest BCUT2D eigenvalue weighted by atomic mass is 10.1. The summed E-state index contributed by atoms with van der Waals surface area (Å²) in [6.07, 6.45) is 1.25. The second-order valence-corrected chi connectivity index (χ2v) is 4.92. The molecule has 3 amide bonds. The van der Waals surface area contributed by atoms with E-state index in [1.807, 2.05) is 18.2 Å². The van der Waals surface area contributed by atoms with Gasteiger partial charge in [-0.1, -0.05) is 30.3 Å². The molecular formula is C14H20ClN3O2. The van der Waals surface area contributed by atoms with Gasteiger partial charge in [-0.25, -0.2) is 4.79 Å². The Morgan fingerprint density at radius 1 is 1.30 bits per heavy atom. The molecule has 0 radical (unpaired) electrons. The monoisotopic (exact) mass is 297 g/mol. The average molecular weight is 298 g/mol. The average Bonchev–Trinajstić information content (AvgIpc) is 2.36. The third-order valence-corrected chi connectivity index (χ3v) is 3.12. The molecule has 2 rings (SSSR count). The fraction of sp³-hybridized carbons (Fsp3) is 0.429. The molecule has 1 fully saturated rings. The standard InChI is InChI=1S/C14H19N3O2.ClH/c1-10(7-11-5-3-2-4-6-11)15-9-12-8-13(18)17-14(19)16-12;/h2-6,10,12,15H,7-9H2,1H3,(H2,16,17,18,19);1H. The highest BCUT2D eigenvalue weighted by atomic mass is 35.5. The van der Waals surface area contributed by atoms with Crippen LogP contribution in [-0.2, 0) is 11.2 Å². The largest absolute Gasteiger partial charge is 0.333 e. The molecule has 1 aliphatic heterocycles. The van der Waals surface area contributed by atoms with Gasteiger partial charge >= 0.3 is 6.03 Å². The van der Waals surface area contributed by atoms with Crippen molar-refractivity contribution in [2.24, 2.45) is 0 Å². The van der Waals surface area contributed by atoms with Gasteiger partial charge < -0.3 is 10.6 Å². The molecule has 3 N–H and O–H groups in total. The van der Waals surface area contributed by atoms with Crippen LogP contribution in [0.1, 0.15) is 18.9 Å². The summed E-state index contributed by atoms with van der Waals surface area (Å²) in [5.41, 5.74) is 1.27. The summed E-state index contributed by atoms with van der Waals surface area (Å²) in [6, 6.07) is 9.99. The molecule has 20 heavy (non-hydrogen) atoms. The van der Waals surface area contributed by atoms with E-state index in [9.17, 15) is 9.59 Å². The molecule has 1 aromatic rings. The van der Waals surface area contributed by atoms with Crippen molar-refractivity contribution in [3.05, 3.63) is 35.9 Å². The number of rotatable bonds is 5. The van der Waals surface area contributed by atoms with E-state index < -0.39 is 6.03 Å². The second-order valence-electron chi connectivity index (χ2n) is 4.92. The van der Waals surface area contributed by atoms with Crippen molar-refractivity contribution in [2.75, 3.05) is 6.54 Å². The van der Waals surface area contributed by atoms with E-state index in [0.717, 1.165) is 6.42 Å². The first-order valence-corrected chi connectivity index (χ1v) is 6.51. The molecular weight excluding hydrogens is 278 g/mol. The Kier molecular flexibility index (Phi) is 6.48. The van der Waals surface area contributed by atoms with Gasteiger partial charge in [-0.05, 0) is 18.9 Å². The molecule has 1 aromatic carbocycles. The van der Waals surface area contributed by atoms with Crippen molar-refractivity contribution in [2.45, 2.75) is 31.8 Å². The molecule has 0 aromatic heterocycles. The third kappa shape index (κ3) is 5.19. The van der Waals surface area contributed by atoms with Gasteiger partial charge in [0.1, 0.15) is 0 Å². The van der Waals surface area contributed by atoms with Crippen LogP contribution in [0.5, 0.6) is 0 Å². The molecule has 0 bridgehead atoms. The highest BCUT2D eigenvalue weighted by Crippen LogP contribution is 2.03. The number of hydrogen-bond acceptors (Lipinski definition) is 3. The normalized spacial score (nSPS) is 19.6. The van der Waals surface area contributed by atoms with Gasteiger partial charge in [0, 0.05) is 19.0 Å². The molecule has 2 unspecified atom stereocenters. The van der Waals surface area contributed by atoms with E-state index >= 15 is 0 Å². The van der Waals surface area contributed by atoms with Crippen molar-refractivity contribution in [3.8, 4) is 0 Å². The lowest BCUT2D eigenvalue weighted by Crippen LogP contribution is -2.56. The lowest BCUT2D eigenvalue weighted by Gasteiger charge is -2.25. The summed E-state index contributed by atoms with van der Waals surface area (Å²) in [6.45, 7) is 2.70. The van der Waals surface area contributed by atoms with Gasteiger partial charge in [-0.3, -0.25) is 10.1 Å². The SMILES string of the molecule is CC(Cc1ccccc1)NCC1CC(=O)NC(=O)N1.Cl. The lowest BCUT2D eigenvalue weighted by molar-refractivity contribution is -0.121. The first kappa shape index (κ1) is 16.5. The van der Waals surface area contributed by atoms with Gasteiger partial charge in [0.05, 0.1) is 6.04 Å². The van der Waals surface area contributed by atoms with Crippen molar-refractivity contribution < 1.29 is 9.59 Å². The molecule has 110 valence electrons. The zero-order valence-corrected chi connectivity index (χ0v) is 12.2. The third-order valence-electron chi connectivity index (χ3n) is 3.12. The number of hydrogen-bond donors (Lipinski definition) is 3. The summed E-state index contributed by atoms with van der Waals surface area (Å²) >= 11 is 0. The van der Waals surface area contributed by atoms with E-state index in [1.54, 1.807) is 0 Å². The minimum atomic E-state index is -0.404. The number of urea groups is 1. The maximum absolute atomic E-state index is 11.2. The highest BCUT2D eigenvalue weighted by Gasteiger charge is 2.23. The van der Waals surface area contributed by atoms with Crippen molar-refractivity contribution in [1.29, 1.82) is 0 Å². The predicted molar refractivity (Wildman–Crippen MR) is 79.9 cm³/mol.